The first-order chi connectivity index (χ1) is 8.36. The minimum Gasteiger partial charge on any atom is -0.330 e. The maximum atomic E-state index is 6.18. The molecule has 0 atom stereocenters. The number of hydrogen-bond acceptors (Lipinski definition) is 2. The molecule has 0 spiro atoms. The van der Waals surface area contributed by atoms with Crippen molar-refractivity contribution in [3.05, 3.63) is 40.0 Å². The molecule has 1 aromatic heterocycles. The minimum absolute atomic E-state index is 0.117. The largest absolute Gasteiger partial charge is 0.330 e. The lowest BCUT2D eigenvalue weighted by molar-refractivity contribution is 0.523. The number of pyridine rings is 1. The van der Waals surface area contributed by atoms with Crippen LogP contribution >= 0.6 is 11.6 Å². The number of aryl methyl sites for hydroxylation is 2. The molecule has 0 aliphatic carbocycles. The molecule has 0 fully saturated rings. The first-order valence-corrected chi connectivity index (χ1v) is 6.51. The SMILES string of the molecule is Cc1cc(C(C)(C)CN)nc2c(C)c(Cl)ccc12. The minimum atomic E-state index is -0.117. The Morgan fingerprint density at radius 3 is 2.56 bits per heavy atom. The first kappa shape index (κ1) is 13.3. The number of benzene rings is 1. The summed E-state index contributed by atoms with van der Waals surface area (Å²) in [6.45, 7) is 8.91. The zero-order valence-corrected chi connectivity index (χ0v) is 12.1. The average molecular weight is 263 g/mol. The molecule has 0 bridgehead atoms. The van der Waals surface area contributed by atoms with Gasteiger partial charge in [0.2, 0.25) is 0 Å². The van der Waals surface area contributed by atoms with E-state index in [1.54, 1.807) is 0 Å². The highest BCUT2D eigenvalue weighted by Gasteiger charge is 2.21. The molecule has 0 aliphatic heterocycles. The second-order valence-corrected chi connectivity index (χ2v) is 5.89. The van der Waals surface area contributed by atoms with Gasteiger partial charge in [0.05, 0.1) is 5.52 Å². The molecule has 1 aromatic carbocycles. The predicted molar refractivity (Wildman–Crippen MR) is 78.3 cm³/mol. The van der Waals surface area contributed by atoms with Crippen molar-refractivity contribution in [2.24, 2.45) is 5.73 Å². The van der Waals surface area contributed by atoms with Gasteiger partial charge in [0.1, 0.15) is 0 Å². The molecule has 0 radical (unpaired) electrons. The number of nitrogens with zero attached hydrogens (tertiary/aromatic N) is 1. The van der Waals surface area contributed by atoms with Crippen molar-refractivity contribution in [2.75, 3.05) is 6.54 Å². The summed E-state index contributed by atoms with van der Waals surface area (Å²) >= 11 is 6.18. The molecule has 3 heteroatoms. The number of rotatable bonds is 2. The molecule has 0 aliphatic rings. The van der Waals surface area contributed by atoms with Crippen LogP contribution in [0.3, 0.4) is 0 Å². The van der Waals surface area contributed by atoms with Crippen molar-refractivity contribution in [2.45, 2.75) is 33.1 Å². The van der Waals surface area contributed by atoms with Gasteiger partial charge in [-0.15, -0.1) is 0 Å². The van der Waals surface area contributed by atoms with E-state index in [9.17, 15) is 0 Å². The van der Waals surface area contributed by atoms with Crippen LogP contribution in [0.4, 0.5) is 0 Å². The van der Waals surface area contributed by atoms with E-state index in [4.69, 9.17) is 22.3 Å². The molecule has 0 saturated heterocycles. The third-order valence-electron chi connectivity index (χ3n) is 3.58. The summed E-state index contributed by atoms with van der Waals surface area (Å²) < 4.78 is 0. The average Bonchev–Trinajstić information content (AvgIpc) is 2.34. The maximum Gasteiger partial charge on any atom is 0.0752 e. The predicted octanol–water partition coefficient (Wildman–Crippen LogP) is 3.74. The summed E-state index contributed by atoms with van der Waals surface area (Å²) in [5.41, 5.74) is 9.98. The third kappa shape index (κ3) is 2.11. The van der Waals surface area contributed by atoms with Gasteiger partial charge in [0.25, 0.3) is 0 Å². The van der Waals surface area contributed by atoms with Crippen LogP contribution in [-0.4, -0.2) is 11.5 Å². The van der Waals surface area contributed by atoms with Gasteiger partial charge in [-0.05, 0) is 37.1 Å². The quantitative estimate of drug-likeness (QED) is 0.895. The zero-order chi connectivity index (χ0) is 13.5. The van der Waals surface area contributed by atoms with Gasteiger partial charge in [-0.1, -0.05) is 31.5 Å². The molecule has 2 N–H and O–H groups in total. The van der Waals surface area contributed by atoms with Gasteiger partial charge >= 0.3 is 0 Å². The number of hydrogen-bond donors (Lipinski definition) is 1. The van der Waals surface area contributed by atoms with Gasteiger partial charge in [-0.3, -0.25) is 4.98 Å². The highest BCUT2D eigenvalue weighted by atomic mass is 35.5. The Balaban J connectivity index is 2.79. The van der Waals surface area contributed by atoms with E-state index < -0.39 is 0 Å². The molecular weight excluding hydrogens is 244 g/mol. The molecule has 18 heavy (non-hydrogen) atoms. The van der Waals surface area contributed by atoms with Gasteiger partial charge in [-0.25, -0.2) is 0 Å². The van der Waals surface area contributed by atoms with E-state index in [1.807, 2.05) is 19.1 Å². The van der Waals surface area contributed by atoms with Crippen LogP contribution < -0.4 is 5.73 Å². The topological polar surface area (TPSA) is 38.9 Å². The summed E-state index contributed by atoms with van der Waals surface area (Å²) in [4.78, 5) is 4.77. The molecule has 2 nitrogen and oxygen atoms in total. The monoisotopic (exact) mass is 262 g/mol. The summed E-state index contributed by atoms with van der Waals surface area (Å²) in [7, 11) is 0. The Bertz CT molecular complexity index is 603. The van der Waals surface area contributed by atoms with Crippen LogP contribution in [0.2, 0.25) is 5.02 Å². The Hall–Kier alpha value is -1.12. The van der Waals surface area contributed by atoms with Gasteiger partial charge < -0.3 is 5.73 Å². The van der Waals surface area contributed by atoms with Crippen LogP contribution in [0.25, 0.3) is 10.9 Å². The van der Waals surface area contributed by atoms with Crippen molar-refractivity contribution in [1.29, 1.82) is 0 Å². The number of fused-ring (bicyclic) bond motifs is 1. The normalized spacial score (nSPS) is 12.1. The lowest BCUT2D eigenvalue weighted by atomic mass is 9.87. The van der Waals surface area contributed by atoms with Crippen molar-refractivity contribution >= 4 is 22.5 Å². The van der Waals surface area contributed by atoms with Crippen molar-refractivity contribution in [1.82, 2.24) is 4.98 Å². The Kier molecular flexibility index (Phi) is 3.35. The first-order valence-electron chi connectivity index (χ1n) is 6.14. The van der Waals surface area contributed by atoms with Crippen LogP contribution in [0, 0.1) is 13.8 Å². The molecule has 0 saturated carbocycles. The molecule has 2 rings (SSSR count). The summed E-state index contributed by atoms with van der Waals surface area (Å²) in [6.07, 6.45) is 0. The van der Waals surface area contributed by atoms with Crippen LogP contribution in [-0.2, 0) is 5.41 Å². The lowest BCUT2D eigenvalue weighted by Gasteiger charge is -2.23. The van der Waals surface area contributed by atoms with E-state index in [-0.39, 0.29) is 5.41 Å². The molecule has 0 unspecified atom stereocenters. The fraction of sp³-hybridized carbons (Fsp3) is 0.400. The highest BCUT2D eigenvalue weighted by molar-refractivity contribution is 6.32. The van der Waals surface area contributed by atoms with E-state index in [0.717, 1.165) is 27.2 Å². The summed E-state index contributed by atoms with van der Waals surface area (Å²) in [6, 6.07) is 6.09. The van der Waals surface area contributed by atoms with E-state index in [0.29, 0.717) is 6.54 Å². The lowest BCUT2D eigenvalue weighted by Crippen LogP contribution is -2.29. The maximum absolute atomic E-state index is 6.18. The Morgan fingerprint density at radius 2 is 1.94 bits per heavy atom. The highest BCUT2D eigenvalue weighted by Crippen LogP contribution is 2.30. The van der Waals surface area contributed by atoms with E-state index in [2.05, 4.69) is 26.8 Å². The second kappa shape index (κ2) is 4.52. The molecular formula is C15H19ClN2. The fourth-order valence-electron chi connectivity index (χ4n) is 2.02. The Labute approximate surface area is 113 Å². The zero-order valence-electron chi connectivity index (χ0n) is 11.3. The third-order valence-corrected chi connectivity index (χ3v) is 3.99. The number of halogens is 1. The standard InChI is InChI=1S/C15H19ClN2/c1-9-7-13(15(3,4)8-17)18-14-10(2)12(16)6-5-11(9)14/h5-7H,8,17H2,1-4H3. The van der Waals surface area contributed by atoms with Crippen LogP contribution in [0.5, 0.6) is 0 Å². The van der Waals surface area contributed by atoms with Crippen molar-refractivity contribution in [3.8, 4) is 0 Å². The van der Waals surface area contributed by atoms with Gasteiger partial charge in [-0.2, -0.15) is 0 Å². The van der Waals surface area contributed by atoms with Crippen LogP contribution in [0.1, 0.15) is 30.7 Å². The Morgan fingerprint density at radius 1 is 1.28 bits per heavy atom. The van der Waals surface area contributed by atoms with Gasteiger partial charge in [0.15, 0.2) is 0 Å². The summed E-state index contributed by atoms with van der Waals surface area (Å²) in [5.74, 6) is 0. The molecule has 2 aromatic rings. The second-order valence-electron chi connectivity index (χ2n) is 5.48. The summed E-state index contributed by atoms with van der Waals surface area (Å²) in [5, 5.41) is 1.92. The molecule has 96 valence electrons. The molecule has 0 amide bonds. The van der Waals surface area contributed by atoms with Gasteiger partial charge in [0, 0.05) is 28.1 Å². The van der Waals surface area contributed by atoms with Crippen molar-refractivity contribution in [3.63, 3.8) is 0 Å². The van der Waals surface area contributed by atoms with E-state index in [1.165, 1.54) is 5.56 Å². The molecule has 1 heterocycles. The van der Waals surface area contributed by atoms with Crippen LogP contribution in [0.15, 0.2) is 18.2 Å². The fourth-order valence-corrected chi connectivity index (χ4v) is 2.18. The number of aromatic nitrogens is 1. The smallest absolute Gasteiger partial charge is 0.0752 e. The van der Waals surface area contributed by atoms with E-state index >= 15 is 0 Å². The number of nitrogens with two attached hydrogens (primary N) is 1. The van der Waals surface area contributed by atoms with Crippen molar-refractivity contribution < 1.29 is 0 Å².